The van der Waals surface area contributed by atoms with Crippen LogP contribution >= 0.6 is 0 Å². The Hall–Kier alpha value is -0.940. The van der Waals surface area contributed by atoms with Crippen molar-refractivity contribution in [1.82, 2.24) is 20.1 Å². The summed E-state index contributed by atoms with van der Waals surface area (Å²) in [7, 11) is 0. The Bertz CT molecular complexity index is 392. The molecule has 0 amide bonds. The Labute approximate surface area is 108 Å². The van der Waals surface area contributed by atoms with E-state index in [9.17, 15) is 0 Å². The molecule has 3 heterocycles. The minimum atomic E-state index is 0.537. The van der Waals surface area contributed by atoms with Gasteiger partial charge in [0.1, 0.15) is 11.6 Å². The lowest BCUT2D eigenvalue weighted by Crippen LogP contribution is -2.31. The number of hydrogen-bond acceptors (Lipinski definition) is 4. The van der Waals surface area contributed by atoms with Gasteiger partial charge in [-0.25, -0.2) is 0 Å². The van der Waals surface area contributed by atoms with Gasteiger partial charge in [-0.15, -0.1) is 10.2 Å². The van der Waals surface area contributed by atoms with E-state index < -0.39 is 0 Å². The molecule has 0 bridgehead atoms. The van der Waals surface area contributed by atoms with Crippen molar-refractivity contribution in [2.45, 2.75) is 44.6 Å². The number of aryl methyl sites for hydroxylation is 1. The number of aromatic nitrogens is 3. The van der Waals surface area contributed by atoms with Crippen LogP contribution in [0.4, 0.5) is 0 Å². The van der Waals surface area contributed by atoms with E-state index in [-0.39, 0.29) is 0 Å². The summed E-state index contributed by atoms with van der Waals surface area (Å²) in [6, 6.07) is 0.582. The normalized spacial score (nSPS) is 23.4. The summed E-state index contributed by atoms with van der Waals surface area (Å²) in [5.41, 5.74) is 0. The predicted octanol–water partition coefficient (Wildman–Crippen LogP) is 1.41. The van der Waals surface area contributed by atoms with Crippen LogP contribution in [0.15, 0.2) is 0 Å². The average molecular weight is 250 g/mol. The van der Waals surface area contributed by atoms with Gasteiger partial charge < -0.3 is 14.6 Å². The number of rotatable bonds is 2. The number of nitrogens with one attached hydrogen (secondary N) is 1. The summed E-state index contributed by atoms with van der Waals surface area (Å²) in [6.07, 6.45) is 4.55. The summed E-state index contributed by atoms with van der Waals surface area (Å²) in [6.45, 7) is 6.02. The molecule has 0 unspecified atom stereocenters. The Morgan fingerprint density at radius 1 is 1.11 bits per heavy atom. The summed E-state index contributed by atoms with van der Waals surface area (Å²) in [4.78, 5) is 0. The highest BCUT2D eigenvalue weighted by molar-refractivity contribution is 5.05. The molecule has 5 nitrogen and oxygen atoms in total. The van der Waals surface area contributed by atoms with Crippen molar-refractivity contribution in [1.29, 1.82) is 0 Å². The van der Waals surface area contributed by atoms with E-state index in [4.69, 9.17) is 4.74 Å². The number of hydrogen-bond donors (Lipinski definition) is 1. The van der Waals surface area contributed by atoms with Gasteiger partial charge in [0.25, 0.3) is 0 Å². The Morgan fingerprint density at radius 3 is 2.56 bits per heavy atom. The third-order valence-electron chi connectivity index (χ3n) is 4.15. The smallest absolute Gasteiger partial charge is 0.136 e. The molecule has 3 rings (SSSR count). The van der Waals surface area contributed by atoms with E-state index in [1.54, 1.807) is 0 Å². The van der Waals surface area contributed by atoms with Crippen molar-refractivity contribution in [2.75, 3.05) is 26.3 Å². The number of ether oxygens (including phenoxy) is 1. The molecule has 0 aliphatic carbocycles. The van der Waals surface area contributed by atoms with Crippen LogP contribution in [0.5, 0.6) is 0 Å². The molecular formula is C13H22N4O. The third-order valence-corrected chi connectivity index (χ3v) is 4.15. The summed E-state index contributed by atoms with van der Waals surface area (Å²) in [5.74, 6) is 2.81. The van der Waals surface area contributed by atoms with E-state index in [0.717, 1.165) is 45.0 Å². The zero-order valence-corrected chi connectivity index (χ0v) is 11.1. The minimum Gasteiger partial charge on any atom is -0.381 e. The molecule has 0 radical (unpaired) electrons. The maximum Gasteiger partial charge on any atom is 0.136 e. The van der Waals surface area contributed by atoms with Crippen LogP contribution in [0.2, 0.25) is 0 Å². The van der Waals surface area contributed by atoms with Gasteiger partial charge in [0.2, 0.25) is 0 Å². The van der Waals surface area contributed by atoms with Crippen LogP contribution in [0, 0.1) is 6.92 Å². The summed E-state index contributed by atoms with van der Waals surface area (Å²) >= 11 is 0. The Morgan fingerprint density at radius 2 is 1.83 bits per heavy atom. The standard InChI is InChI=1S/C13H22N4O/c1-10-15-16-13(11-4-8-18-9-5-11)17(10)12-2-6-14-7-3-12/h11-12,14H,2-9H2,1H3. The lowest BCUT2D eigenvalue weighted by atomic mass is 9.98. The van der Waals surface area contributed by atoms with E-state index in [0.29, 0.717) is 12.0 Å². The van der Waals surface area contributed by atoms with Crippen molar-refractivity contribution >= 4 is 0 Å². The minimum absolute atomic E-state index is 0.537. The van der Waals surface area contributed by atoms with Crippen LogP contribution < -0.4 is 5.32 Å². The van der Waals surface area contributed by atoms with Gasteiger partial charge in [0, 0.05) is 25.2 Å². The van der Waals surface area contributed by atoms with Gasteiger partial charge >= 0.3 is 0 Å². The third kappa shape index (κ3) is 2.29. The summed E-state index contributed by atoms with van der Waals surface area (Å²) < 4.78 is 7.85. The molecule has 0 atom stereocenters. The van der Waals surface area contributed by atoms with E-state index in [1.165, 1.54) is 18.7 Å². The van der Waals surface area contributed by atoms with Gasteiger partial charge in [-0.3, -0.25) is 0 Å². The average Bonchev–Trinajstić information content (AvgIpc) is 2.83. The molecule has 0 spiro atoms. The van der Waals surface area contributed by atoms with Crippen molar-refractivity contribution in [3.05, 3.63) is 11.6 Å². The lowest BCUT2D eigenvalue weighted by molar-refractivity contribution is 0.0821. The maximum absolute atomic E-state index is 5.45. The first kappa shape index (κ1) is 12.1. The quantitative estimate of drug-likeness (QED) is 0.862. The fraction of sp³-hybridized carbons (Fsp3) is 0.846. The largest absolute Gasteiger partial charge is 0.381 e. The van der Waals surface area contributed by atoms with Crippen LogP contribution in [0.3, 0.4) is 0 Å². The van der Waals surface area contributed by atoms with Crippen LogP contribution in [0.25, 0.3) is 0 Å². The molecule has 18 heavy (non-hydrogen) atoms. The first-order valence-electron chi connectivity index (χ1n) is 7.06. The molecule has 1 aromatic heterocycles. The van der Waals surface area contributed by atoms with Crippen molar-refractivity contribution in [3.8, 4) is 0 Å². The number of piperidine rings is 1. The molecule has 1 N–H and O–H groups in total. The van der Waals surface area contributed by atoms with Gasteiger partial charge in [-0.05, 0) is 45.7 Å². The van der Waals surface area contributed by atoms with Crippen molar-refractivity contribution < 1.29 is 4.74 Å². The van der Waals surface area contributed by atoms with E-state index >= 15 is 0 Å². The van der Waals surface area contributed by atoms with Crippen LogP contribution in [0.1, 0.15) is 49.3 Å². The second kappa shape index (κ2) is 5.36. The molecule has 2 fully saturated rings. The van der Waals surface area contributed by atoms with E-state index in [2.05, 4.69) is 27.0 Å². The predicted molar refractivity (Wildman–Crippen MR) is 68.7 cm³/mol. The Balaban J connectivity index is 1.85. The summed E-state index contributed by atoms with van der Waals surface area (Å²) in [5, 5.41) is 12.2. The highest BCUT2D eigenvalue weighted by atomic mass is 16.5. The van der Waals surface area contributed by atoms with Crippen LogP contribution in [-0.4, -0.2) is 41.1 Å². The first-order chi connectivity index (χ1) is 8.86. The molecule has 2 aliphatic rings. The highest BCUT2D eigenvalue weighted by Crippen LogP contribution is 2.30. The van der Waals surface area contributed by atoms with Crippen LogP contribution in [-0.2, 0) is 4.74 Å². The molecule has 0 saturated carbocycles. The monoisotopic (exact) mass is 250 g/mol. The molecule has 1 aromatic rings. The first-order valence-corrected chi connectivity index (χ1v) is 7.06. The van der Waals surface area contributed by atoms with Gasteiger partial charge in [0.15, 0.2) is 0 Å². The van der Waals surface area contributed by atoms with E-state index in [1.807, 2.05) is 0 Å². The Kier molecular flexibility index (Phi) is 3.61. The maximum atomic E-state index is 5.45. The highest BCUT2D eigenvalue weighted by Gasteiger charge is 2.26. The molecule has 5 heteroatoms. The SMILES string of the molecule is Cc1nnc(C2CCOCC2)n1C1CCNCC1. The second-order valence-corrected chi connectivity index (χ2v) is 5.34. The second-order valence-electron chi connectivity index (χ2n) is 5.34. The van der Waals surface area contributed by atoms with Crippen molar-refractivity contribution in [2.24, 2.45) is 0 Å². The van der Waals surface area contributed by atoms with Gasteiger partial charge in [0.05, 0.1) is 0 Å². The van der Waals surface area contributed by atoms with Crippen molar-refractivity contribution in [3.63, 3.8) is 0 Å². The molecule has 2 saturated heterocycles. The lowest BCUT2D eigenvalue weighted by Gasteiger charge is -2.29. The molecular weight excluding hydrogens is 228 g/mol. The fourth-order valence-corrected chi connectivity index (χ4v) is 3.14. The van der Waals surface area contributed by atoms with Gasteiger partial charge in [-0.2, -0.15) is 0 Å². The number of nitrogens with zero attached hydrogens (tertiary/aromatic N) is 3. The molecule has 100 valence electrons. The zero-order valence-electron chi connectivity index (χ0n) is 11.1. The molecule has 2 aliphatic heterocycles. The van der Waals surface area contributed by atoms with Gasteiger partial charge in [-0.1, -0.05) is 0 Å². The zero-order chi connectivity index (χ0) is 12.4. The fourth-order valence-electron chi connectivity index (χ4n) is 3.14. The topological polar surface area (TPSA) is 52.0 Å². The molecule has 0 aromatic carbocycles.